The smallest absolute Gasteiger partial charge is 0.0502 e. The lowest BCUT2D eigenvalue weighted by molar-refractivity contribution is -0.0399. The highest BCUT2D eigenvalue weighted by molar-refractivity contribution is 5.97. The molecule has 1 nitrogen and oxygen atoms in total. The lowest BCUT2D eigenvalue weighted by Gasteiger charge is -2.61. The lowest BCUT2D eigenvalue weighted by atomic mass is 9.43. The maximum Gasteiger partial charge on any atom is 0.0502 e. The Bertz CT molecular complexity index is 2390. The second-order valence-electron chi connectivity index (χ2n) is 18.8. The molecule has 0 heterocycles. The molecule has 4 bridgehead atoms. The standard InChI is InChI=1S/C52H51N/c1-50(2)25-26-51(3,4)49-47(50)17-10-18-48(49)53(39-21-19-36(20-22-39)42-15-9-12-35-11-5-6-13-41(35)42)40-23-24-46-44(32-40)43-14-7-8-16-45(43)52(46)37-28-33-27-34(30-37)31-38(52)29-33/h5-24,32-34,37-38H,25-31H2,1-4H3. The summed E-state index contributed by atoms with van der Waals surface area (Å²) in [4.78, 5) is 2.61. The minimum absolute atomic E-state index is 0.0658. The largest absolute Gasteiger partial charge is 0.310 e. The van der Waals surface area contributed by atoms with Gasteiger partial charge in [0.25, 0.3) is 0 Å². The Morgan fingerprint density at radius 1 is 0.491 bits per heavy atom. The molecular weight excluding hydrogens is 639 g/mol. The van der Waals surface area contributed by atoms with Crippen molar-refractivity contribution in [3.63, 3.8) is 0 Å². The van der Waals surface area contributed by atoms with Crippen LogP contribution in [-0.4, -0.2) is 0 Å². The Labute approximate surface area is 316 Å². The van der Waals surface area contributed by atoms with Gasteiger partial charge in [-0.3, -0.25) is 0 Å². The Kier molecular flexibility index (Phi) is 6.74. The van der Waals surface area contributed by atoms with Gasteiger partial charge in [0.1, 0.15) is 0 Å². The highest BCUT2D eigenvalue weighted by Crippen LogP contribution is 2.69. The lowest BCUT2D eigenvalue weighted by Crippen LogP contribution is -2.55. The fourth-order valence-electron chi connectivity index (χ4n) is 12.9. The van der Waals surface area contributed by atoms with Gasteiger partial charge in [0.15, 0.2) is 0 Å². The first-order valence-corrected chi connectivity index (χ1v) is 20.5. The van der Waals surface area contributed by atoms with Crippen molar-refractivity contribution in [2.45, 2.75) is 88.9 Å². The van der Waals surface area contributed by atoms with Crippen LogP contribution in [0.4, 0.5) is 17.1 Å². The Balaban J connectivity index is 1.11. The maximum atomic E-state index is 2.61. The van der Waals surface area contributed by atoms with Crippen LogP contribution in [0.3, 0.4) is 0 Å². The molecule has 0 N–H and O–H groups in total. The van der Waals surface area contributed by atoms with Gasteiger partial charge in [0.05, 0.1) is 5.69 Å². The van der Waals surface area contributed by atoms with Crippen LogP contribution in [0.15, 0.2) is 127 Å². The second-order valence-corrected chi connectivity index (χ2v) is 18.8. The molecule has 4 saturated carbocycles. The van der Waals surface area contributed by atoms with Crippen LogP contribution < -0.4 is 4.90 Å². The average Bonchev–Trinajstić information content (AvgIpc) is 3.46. The molecule has 0 aliphatic heterocycles. The average molecular weight is 690 g/mol. The first kappa shape index (κ1) is 31.9. The van der Waals surface area contributed by atoms with Crippen LogP contribution in [0.5, 0.6) is 0 Å². The quantitative estimate of drug-likeness (QED) is 0.178. The molecule has 0 amide bonds. The second kappa shape index (κ2) is 11.2. The number of anilines is 3. The number of hydrogen-bond donors (Lipinski definition) is 0. The molecule has 1 heteroatoms. The summed E-state index contributed by atoms with van der Waals surface area (Å²) in [5.41, 5.74) is 16.0. The molecule has 6 aromatic rings. The van der Waals surface area contributed by atoms with E-state index in [1.54, 1.807) is 11.1 Å². The van der Waals surface area contributed by atoms with Gasteiger partial charge in [0, 0.05) is 16.8 Å². The Morgan fingerprint density at radius 3 is 1.89 bits per heavy atom. The zero-order valence-corrected chi connectivity index (χ0v) is 31.8. The van der Waals surface area contributed by atoms with Gasteiger partial charge in [-0.15, -0.1) is 0 Å². The van der Waals surface area contributed by atoms with Crippen molar-refractivity contribution in [1.29, 1.82) is 0 Å². The van der Waals surface area contributed by atoms with Crippen LogP contribution in [0.25, 0.3) is 33.0 Å². The van der Waals surface area contributed by atoms with Gasteiger partial charge in [0.2, 0.25) is 0 Å². The van der Waals surface area contributed by atoms with E-state index >= 15 is 0 Å². The van der Waals surface area contributed by atoms with Crippen LogP contribution in [-0.2, 0) is 16.2 Å². The van der Waals surface area contributed by atoms with Crippen LogP contribution in [0, 0.1) is 23.7 Å². The number of rotatable bonds is 4. The fourth-order valence-corrected chi connectivity index (χ4v) is 12.9. The van der Waals surface area contributed by atoms with E-state index in [2.05, 4.69) is 160 Å². The van der Waals surface area contributed by atoms with Crippen LogP contribution in [0.1, 0.15) is 94.9 Å². The monoisotopic (exact) mass is 689 g/mol. The first-order chi connectivity index (χ1) is 25.7. The predicted molar refractivity (Wildman–Crippen MR) is 223 cm³/mol. The summed E-state index contributed by atoms with van der Waals surface area (Å²) in [6, 6.07) is 49.3. The van der Waals surface area contributed by atoms with E-state index in [1.807, 2.05) is 0 Å². The summed E-state index contributed by atoms with van der Waals surface area (Å²) in [5.74, 6) is 3.44. The Morgan fingerprint density at radius 2 is 1.09 bits per heavy atom. The van der Waals surface area contributed by atoms with Crippen molar-refractivity contribution >= 4 is 27.8 Å². The number of fused-ring (bicyclic) bond motifs is 5. The maximum absolute atomic E-state index is 2.61. The topological polar surface area (TPSA) is 3.24 Å². The third kappa shape index (κ3) is 4.49. The molecule has 0 atom stereocenters. The van der Waals surface area contributed by atoms with E-state index in [0.29, 0.717) is 0 Å². The van der Waals surface area contributed by atoms with E-state index in [0.717, 1.165) is 23.7 Å². The van der Waals surface area contributed by atoms with Gasteiger partial charge >= 0.3 is 0 Å². The highest BCUT2D eigenvalue weighted by Gasteiger charge is 2.61. The molecule has 6 aromatic carbocycles. The molecule has 0 aromatic heterocycles. The summed E-state index contributed by atoms with van der Waals surface area (Å²) in [6.45, 7) is 9.85. The zero-order valence-electron chi connectivity index (χ0n) is 31.8. The normalized spacial score (nSPS) is 26.7. The van der Waals surface area contributed by atoms with Crippen molar-refractivity contribution in [1.82, 2.24) is 0 Å². The van der Waals surface area contributed by atoms with Crippen molar-refractivity contribution < 1.29 is 0 Å². The number of hydrogen-bond acceptors (Lipinski definition) is 1. The summed E-state index contributed by atoms with van der Waals surface area (Å²) in [6.07, 6.45) is 9.54. The molecule has 4 fully saturated rings. The van der Waals surface area contributed by atoms with Crippen molar-refractivity contribution in [3.05, 3.63) is 150 Å². The van der Waals surface area contributed by atoms with E-state index in [-0.39, 0.29) is 16.2 Å². The molecule has 1 spiro atoms. The van der Waals surface area contributed by atoms with Crippen molar-refractivity contribution in [2.75, 3.05) is 4.90 Å². The molecular formula is C52H51N. The minimum Gasteiger partial charge on any atom is -0.310 e. The van der Waals surface area contributed by atoms with E-state index in [4.69, 9.17) is 0 Å². The van der Waals surface area contributed by atoms with Crippen molar-refractivity contribution in [3.8, 4) is 22.3 Å². The van der Waals surface area contributed by atoms with Crippen LogP contribution in [0.2, 0.25) is 0 Å². The fraction of sp³-hybridized carbons (Fsp3) is 0.346. The van der Waals surface area contributed by atoms with Gasteiger partial charge < -0.3 is 4.90 Å². The molecule has 6 aliphatic rings. The molecule has 0 unspecified atom stereocenters. The first-order valence-electron chi connectivity index (χ1n) is 20.5. The summed E-state index contributed by atoms with van der Waals surface area (Å²) in [7, 11) is 0. The molecule has 12 rings (SSSR count). The SMILES string of the molecule is CC1(C)CCC(C)(C)c2c(N(c3ccc(-c4cccc5ccccc45)cc3)c3ccc4c(c3)-c3ccccc3C43C4CC5CC(C4)CC3C5)cccc21. The van der Waals surface area contributed by atoms with Gasteiger partial charge in [-0.2, -0.15) is 0 Å². The minimum atomic E-state index is 0.0658. The predicted octanol–water partition coefficient (Wildman–Crippen LogP) is 14.0. The van der Waals surface area contributed by atoms with E-state index in [9.17, 15) is 0 Å². The van der Waals surface area contributed by atoms with Gasteiger partial charge in [-0.25, -0.2) is 0 Å². The Hall–Kier alpha value is -4.62. The van der Waals surface area contributed by atoms with Gasteiger partial charge in [-0.1, -0.05) is 125 Å². The van der Waals surface area contributed by atoms with Gasteiger partial charge in [-0.05, 0) is 165 Å². The zero-order chi connectivity index (χ0) is 35.7. The molecule has 6 aliphatic carbocycles. The third-order valence-electron chi connectivity index (χ3n) is 15.1. The third-order valence-corrected chi connectivity index (χ3v) is 15.1. The molecule has 0 saturated heterocycles. The highest BCUT2D eigenvalue weighted by atomic mass is 15.1. The molecule has 53 heavy (non-hydrogen) atoms. The number of benzene rings is 6. The summed E-state index contributed by atoms with van der Waals surface area (Å²) < 4.78 is 0. The van der Waals surface area contributed by atoms with Crippen LogP contribution >= 0.6 is 0 Å². The molecule has 264 valence electrons. The summed E-state index contributed by atoms with van der Waals surface area (Å²) in [5, 5.41) is 2.59. The van der Waals surface area contributed by atoms with E-state index < -0.39 is 0 Å². The van der Waals surface area contributed by atoms with E-state index in [1.165, 1.54) is 106 Å². The molecule has 0 radical (unpaired) electrons. The number of nitrogens with zero attached hydrogens (tertiary/aromatic N) is 1. The van der Waals surface area contributed by atoms with Crippen molar-refractivity contribution in [2.24, 2.45) is 23.7 Å². The summed E-state index contributed by atoms with van der Waals surface area (Å²) >= 11 is 0.